The molecule has 0 aliphatic carbocycles. The van der Waals surface area contributed by atoms with Gasteiger partial charge < -0.3 is 4.74 Å². The van der Waals surface area contributed by atoms with Crippen LogP contribution in [-0.4, -0.2) is 44.8 Å². The first-order chi connectivity index (χ1) is 8.02. The topological polar surface area (TPSA) is 46.6 Å². The lowest BCUT2D eigenvalue weighted by molar-refractivity contribution is 0.0730. The molecule has 0 N–H and O–H groups in total. The van der Waals surface area contributed by atoms with Crippen LogP contribution in [0.15, 0.2) is 0 Å². The maximum absolute atomic E-state index is 12.0. The van der Waals surface area contributed by atoms with Crippen molar-refractivity contribution in [2.24, 2.45) is 5.92 Å². The number of unbranched alkanes of at least 4 members (excludes halogenated alkanes) is 2. The Balaban J connectivity index is 2.20. The number of nitrogens with zero attached hydrogens (tertiary/aromatic N) is 1. The highest BCUT2D eigenvalue weighted by atomic mass is 32.2. The fourth-order valence-electron chi connectivity index (χ4n) is 1.97. The van der Waals surface area contributed by atoms with Crippen molar-refractivity contribution in [2.75, 3.05) is 32.1 Å². The molecule has 5 heteroatoms. The van der Waals surface area contributed by atoms with E-state index in [9.17, 15) is 8.42 Å². The molecule has 0 bridgehead atoms. The van der Waals surface area contributed by atoms with Crippen LogP contribution in [0.1, 0.15) is 39.5 Å². The Labute approximate surface area is 105 Å². The van der Waals surface area contributed by atoms with Crippen molar-refractivity contribution in [3.63, 3.8) is 0 Å². The summed E-state index contributed by atoms with van der Waals surface area (Å²) >= 11 is 0. The Hall–Kier alpha value is -0.130. The zero-order chi connectivity index (χ0) is 12.7. The summed E-state index contributed by atoms with van der Waals surface area (Å²) in [6.45, 7) is 6.51. The number of hydrogen-bond acceptors (Lipinski definition) is 3. The maximum atomic E-state index is 12.0. The Morgan fingerprint density at radius 1 is 1.12 bits per heavy atom. The van der Waals surface area contributed by atoms with E-state index in [0.717, 1.165) is 19.3 Å². The number of hydrogen-bond donors (Lipinski definition) is 0. The van der Waals surface area contributed by atoms with E-state index < -0.39 is 10.0 Å². The van der Waals surface area contributed by atoms with E-state index in [1.54, 1.807) is 4.31 Å². The van der Waals surface area contributed by atoms with E-state index >= 15 is 0 Å². The largest absolute Gasteiger partial charge is 0.379 e. The smallest absolute Gasteiger partial charge is 0.214 e. The van der Waals surface area contributed by atoms with Gasteiger partial charge in [-0.25, -0.2) is 8.42 Å². The predicted octanol–water partition coefficient (Wildman–Crippen LogP) is 1.86. The molecule has 0 amide bonds. The molecule has 1 rings (SSSR count). The summed E-state index contributed by atoms with van der Waals surface area (Å²) in [6, 6.07) is 0. The van der Waals surface area contributed by atoms with Gasteiger partial charge in [-0.05, 0) is 12.3 Å². The van der Waals surface area contributed by atoms with Gasteiger partial charge in [0, 0.05) is 13.1 Å². The highest BCUT2D eigenvalue weighted by molar-refractivity contribution is 7.89. The summed E-state index contributed by atoms with van der Waals surface area (Å²) in [5.41, 5.74) is 0. The molecule has 1 aliphatic heterocycles. The third-order valence-corrected chi connectivity index (χ3v) is 5.00. The number of sulfonamides is 1. The molecule has 0 aromatic rings. The van der Waals surface area contributed by atoms with Gasteiger partial charge in [-0.1, -0.05) is 33.1 Å². The van der Waals surface area contributed by atoms with Crippen molar-refractivity contribution in [3.05, 3.63) is 0 Å². The van der Waals surface area contributed by atoms with Gasteiger partial charge in [0.25, 0.3) is 0 Å². The molecule has 0 unspecified atom stereocenters. The van der Waals surface area contributed by atoms with Gasteiger partial charge in [-0.3, -0.25) is 0 Å². The molecule has 1 fully saturated rings. The second-order valence-corrected chi connectivity index (χ2v) is 7.16. The highest BCUT2D eigenvalue weighted by Crippen LogP contribution is 2.11. The minimum atomic E-state index is -3.03. The Morgan fingerprint density at radius 2 is 1.76 bits per heavy atom. The van der Waals surface area contributed by atoms with E-state index in [1.807, 2.05) is 0 Å². The summed E-state index contributed by atoms with van der Waals surface area (Å²) < 4.78 is 30.6. The molecule has 0 atom stereocenters. The van der Waals surface area contributed by atoms with Crippen LogP contribution in [0.3, 0.4) is 0 Å². The van der Waals surface area contributed by atoms with Crippen molar-refractivity contribution < 1.29 is 13.2 Å². The lowest BCUT2D eigenvalue weighted by Gasteiger charge is -2.26. The van der Waals surface area contributed by atoms with Gasteiger partial charge in [0.2, 0.25) is 10.0 Å². The van der Waals surface area contributed by atoms with Crippen LogP contribution in [0.5, 0.6) is 0 Å². The van der Waals surface area contributed by atoms with Crippen LogP contribution in [0.2, 0.25) is 0 Å². The fourth-order valence-corrected chi connectivity index (χ4v) is 3.50. The van der Waals surface area contributed by atoms with Crippen LogP contribution >= 0.6 is 0 Å². The molecule has 1 heterocycles. The molecular formula is C12H25NO3S. The van der Waals surface area contributed by atoms with Gasteiger partial charge in [-0.15, -0.1) is 0 Å². The molecule has 1 aliphatic rings. The third-order valence-electron chi connectivity index (χ3n) is 3.05. The van der Waals surface area contributed by atoms with Crippen LogP contribution in [0, 0.1) is 5.92 Å². The van der Waals surface area contributed by atoms with E-state index in [-0.39, 0.29) is 0 Å². The van der Waals surface area contributed by atoms with Crippen molar-refractivity contribution in [3.8, 4) is 0 Å². The van der Waals surface area contributed by atoms with E-state index in [1.165, 1.54) is 6.42 Å². The third kappa shape index (κ3) is 5.84. The SMILES string of the molecule is CC(C)CCCCCS(=O)(=O)N1CCOCC1. The van der Waals surface area contributed by atoms with Crippen molar-refractivity contribution in [2.45, 2.75) is 39.5 Å². The zero-order valence-corrected chi connectivity index (χ0v) is 11.8. The average Bonchev–Trinajstić information content (AvgIpc) is 2.29. The van der Waals surface area contributed by atoms with Crippen LogP contribution < -0.4 is 0 Å². The van der Waals surface area contributed by atoms with Gasteiger partial charge in [0.1, 0.15) is 0 Å². The van der Waals surface area contributed by atoms with E-state index in [4.69, 9.17) is 4.74 Å². The molecule has 0 aromatic heterocycles. The molecule has 17 heavy (non-hydrogen) atoms. The Kier molecular flexibility index (Phi) is 6.44. The Morgan fingerprint density at radius 3 is 2.35 bits per heavy atom. The van der Waals surface area contributed by atoms with Crippen LogP contribution in [0.25, 0.3) is 0 Å². The Bertz CT molecular complexity index is 295. The first-order valence-electron chi connectivity index (χ1n) is 6.58. The quantitative estimate of drug-likeness (QED) is 0.659. The van der Waals surface area contributed by atoms with Gasteiger partial charge >= 0.3 is 0 Å². The number of rotatable bonds is 7. The summed E-state index contributed by atoms with van der Waals surface area (Å²) in [5.74, 6) is 1.01. The lowest BCUT2D eigenvalue weighted by atomic mass is 10.1. The van der Waals surface area contributed by atoms with Crippen molar-refractivity contribution in [1.29, 1.82) is 0 Å². The van der Waals surface area contributed by atoms with Gasteiger partial charge in [0.15, 0.2) is 0 Å². The van der Waals surface area contributed by atoms with E-state index in [0.29, 0.717) is 38.0 Å². The van der Waals surface area contributed by atoms with Crippen LogP contribution in [0.4, 0.5) is 0 Å². The van der Waals surface area contributed by atoms with E-state index in [2.05, 4.69) is 13.8 Å². The molecule has 0 aromatic carbocycles. The summed E-state index contributed by atoms with van der Waals surface area (Å²) in [6.07, 6.45) is 4.13. The van der Waals surface area contributed by atoms with Crippen molar-refractivity contribution >= 4 is 10.0 Å². The van der Waals surface area contributed by atoms with Crippen molar-refractivity contribution in [1.82, 2.24) is 4.31 Å². The molecule has 0 radical (unpaired) electrons. The number of ether oxygens (including phenoxy) is 1. The minimum Gasteiger partial charge on any atom is -0.379 e. The summed E-state index contributed by atoms with van der Waals surface area (Å²) in [7, 11) is -3.03. The molecule has 102 valence electrons. The molecule has 0 spiro atoms. The molecule has 0 saturated carbocycles. The maximum Gasteiger partial charge on any atom is 0.214 e. The average molecular weight is 263 g/mol. The molecule has 4 nitrogen and oxygen atoms in total. The van der Waals surface area contributed by atoms with Gasteiger partial charge in [-0.2, -0.15) is 4.31 Å². The summed E-state index contributed by atoms with van der Waals surface area (Å²) in [5, 5.41) is 0. The molecule has 1 saturated heterocycles. The first kappa shape index (κ1) is 14.9. The van der Waals surface area contributed by atoms with Gasteiger partial charge in [0.05, 0.1) is 19.0 Å². The standard InChI is InChI=1S/C12H25NO3S/c1-12(2)6-4-3-5-11-17(14,15)13-7-9-16-10-8-13/h12H,3-11H2,1-2H3. The second-order valence-electron chi connectivity index (χ2n) is 5.07. The van der Waals surface area contributed by atoms with Crippen LogP contribution in [-0.2, 0) is 14.8 Å². The minimum absolute atomic E-state index is 0.297. The highest BCUT2D eigenvalue weighted by Gasteiger charge is 2.23. The predicted molar refractivity (Wildman–Crippen MR) is 69.5 cm³/mol. The zero-order valence-electron chi connectivity index (χ0n) is 11.0. The normalized spacial score (nSPS) is 18.8. The monoisotopic (exact) mass is 263 g/mol. The number of morpholine rings is 1. The molecular weight excluding hydrogens is 238 g/mol. The lowest BCUT2D eigenvalue weighted by Crippen LogP contribution is -2.41. The fraction of sp³-hybridized carbons (Fsp3) is 1.00. The second kappa shape index (κ2) is 7.34. The summed E-state index contributed by atoms with van der Waals surface area (Å²) in [4.78, 5) is 0. The first-order valence-corrected chi connectivity index (χ1v) is 8.19.